The SMILES string of the molecule is Cc1ccc(CN(C)C(=O)CSCC(C)CO)cc1. The van der Waals surface area contributed by atoms with Gasteiger partial charge in [0, 0.05) is 20.2 Å². The van der Waals surface area contributed by atoms with Crippen molar-refractivity contribution in [1.82, 2.24) is 4.90 Å². The molecule has 0 aliphatic rings. The second-order valence-corrected chi connectivity index (χ2v) is 6.07. The first-order chi connectivity index (χ1) is 9.02. The zero-order valence-corrected chi connectivity index (χ0v) is 12.7. The smallest absolute Gasteiger partial charge is 0.232 e. The lowest BCUT2D eigenvalue weighted by molar-refractivity contribution is -0.127. The summed E-state index contributed by atoms with van der Waals surface area (Å²) in [6.45, 7) is 4.86. The molecule has 0 aromatic heterocycles. The van der Waals surface area contributed by atoms with Crippen LogP contribution in [0.3, 0.4) is 0 Å². The van der Waals surface area contributed by atoms with Gasteiger partial charge in [-0.2, -0.15) is 11.8 Å². The summed E-state index contributed by atoms with van der Waals surface area (Å²) in [6, 6.07) is 8.23. The van der Waals surface area contributed by atoms with Gasteiger partial charge in [-0.05, 0) is 24.2 Å². The van der Waals surface area contributed by atoms with Crippen molar-refractivity contribution < 1.29 is 9.90 Å². The average Bonchev–Trinajstić information content (AvgIpc) is 2.40. The molecule has 4 heteroatoms. The van der Waals surface area contributed by atoms with Gasteiger partial charge in [0.15, 0.2) is 0 Å². The summed E-state index contributed by atoms with van der Waals surface area (Å²) in [5.41, 5.74) is 2.38. The largest absolute Gasteiger partial charge is 0.396 e. The van der Waals surface area contributed by atoms with Crippen LogP contribution in [-0.2, 0) is 11.3 Å². The van der Waals surface area contributed by atoms with Crippen LogP contribution in [0.1, 0.15) is 18.1 Å². The summed E-state index contributed by atoms with van der Waals surface area (Å²) in [5.74, 6) is 1.68. The van der Waals surface area contributed by atoms with Gasteiger partial charge >= 0.3 is 0 Å². The van der Waals surface area contributed by atoms with Gasteiger partial charge in [0.05, 0.1) is 5.75 Å². The molecule has 3 nitrogen and oxygen atoms in total. The molecule has 0 aliphatic carbocycles. The summed E-state index contributed by atoms with van der Waals surface area (Å²) in [4.78, 5) is 13.7. The van der Waals surface area contributed by atoms with Crippen LogP contribution < -0.4 is 0 Å². The van der Waals surface area contributed by atoms with Crippen molar-refractivity contribution in [1.29, 1.82) is 0 Å². The van der Waals surface area contributed by atoms with Gasteiger partial charge in [-0.3, -0.25) is 4.79 Å². The quantitative estimate of drug-likeness (QED) is 0.834. The Morgan fingerprint density at radius 2 is 2.00 bits per heavy atom. The third-order valence-electron chi connectivity index (χ3n) is 2.91. The first-order valence-electron chi connectivity index (χ1n) is 6.51. The molecule has 0 heterocycles. The zero-order valence-electron chi connectivity index (χ0n) is 11.9. The highest BCUT2D eigenvalue weighted by Gasteiger charge is 2.10. The van der Waals surface area contributed by atoms with Crippen molar-refractivity contribution in [2.75, 3.05) is 25.2 Å². The molecule has 106 valence electrons. The molecular weight excluding hydrogens is 258 g/mol. The minimum absolute atomic E-state index is 0.135. The Kier molecular flexibility index (Phi) is 6.95. The lowest BCUT2D eigenvalue weighted by Crippen LogP contribution is -2.28. The maximum absolute atomic E-state index is 11.9. The summed E-state index contributed by atoms with van der Waals surface area (Å²) in [6.07, 6.45) is 0. The monoisotopic (exact) mass is 281 g/mol. The van der Waals surface area contributed by atoms with Gasteiger partial charge in [0.2, 0.25) is 5.91 Å². The van der Waals surface area contributed by atoms with E-state index >= 15 is 0 Å². The van der Waals surface area contributed by atoms with E-state index in [1.807, 2.05) is 14.0 Å². The van der Waals surface area contributed by atoms with E-state index in [1.54, 1.807) is 16.7 Å². The first kappa shape index (κ1) is 16.1. The van der Waals surface area contributed by atoms with Gasteiger partial charge in [-0.25, -0.2) is 0 Å². The van der Waals surface area contributed by atoms with Crippen molar-refractivity contribution in [3.05, 3.63) is 35.4 Å². The van der Waals surface area contributed by atoms with Crippen LogP contribution in [0.15, 0.2) is 24.3 Å². The minimum Gasteiger partial charge on any atom is -0.396 e. The minimum atomic E-state index is 0.135. The highest BCUT2D eigenvalue weighted by atomic mass is 32.2. The number of rotatable bonds is 7. The molecule has 1 aromatic carbocycles. The molecule has 0 saturated heterocycles. The molecule has 1 unspecified atom stereocenters. The molecule has 0 fully saturated rings. The molecule has 1 N–H and O–H groups in total. The van der Waals surface area contributed by atoms with Gasteiger partial charge in [0.1, 0.15) is 0 Å². The van der Waals surface area contributed by atoms with Crippen LogP contribution in [0.25, 0.3) is 0 Å². The number of benzene rings is 1. The number of aliphatic hydroxyl groups excluding tert-OH is 1. The van der Waals surface area contributed by atoms with Crippen LogP contribution >= 0.6 is 11.8 Å². The summed E-state index contributed by atoms with van der Waals surface area (Å²) in [5, 5.41) is 8.92. The van der Waals surface area contributed by atoms with E-state index in [4.69, 9.17) is 5.11 Å². The predicted octanol–water partition coefficient (Wildman–Crippen LogP) is 2.32. The van der Waals surface area contributed by atoms with Crippen LogP contribution in [-0.4, -0.2) is 41.1 Å². The fraction of sp³-hybridized carbons (Fsp3) is 0.533. The highest BCUT2D eigenvalue weighted by molar-refractivity contribution is 7.99. The number of aryl methyl sites for hydroxylation is 1. The van der Waals surface area contributed by atoms with E-state index in [2.05, 4.69) is 31.2 Å². The van der Waals surface area contributed by atoms with E-state index in [-0.39, 0.29) is 18.4 Å². The topological polar surface area (TPSA) is 40.5 Å². The third kappa shape index (κ3) is 6.12. The molecule has 0 aliphatic heterocycles. The van der Waals surface area contributed by atoms with E-state index < -0.39 is 0 Å². The fourth-order valence-corrected chi connectivity index (χ4v) is 2.59. The summed E-state index contributed by atoms with van der Waals surface area (Å²) < 4.78 is 0. The summed E-state index contributed by atoms with van der Waals surface area (Å²) in [7, 11) is 1.83. The van der Waals surface area contributed by atoms with E-state index in [1.165, 1.54) is 5.56 Å². The lowest BCUT2D eigenvalue weighted by atomic mass is 10.1. The van der Waals surface area contributed by atoms with Gasteiger partial charge in [-0.15, -0.1) is 0 Å². The lowest BCUT2D eigenvalue weighted by Gasteiger charge is -2.17. The van der Waals surface area contributed by atoms with Crippen molar-refractivity contribution in [2.45, 2.75) is 20.4 Å². The number of carbonyl (C=O) groups is 1. The number of nitrogens with zero attached hydrogens (tertiary/aromatic N) is 1. The summed E-state index contributed by atoms with van der Waals surface area (Å²) >= 11 is 1.58. The number of amides is 1. The average molecular weight is 281 g/mol. The first-order valence-corrected chi connectivity index (χ1v) is 7.66. The Labute approximate surface area is 120 Å². The number of hydrogen-bond acceptors (Lipinski definition) is 3. The van der Waals surface area contributed by atoms with Crippen molar-refractivity contribution >= 4 is 17.7 Å². The van der Waals surface area contributed by atoms with E-state index in [0.29, 0.717) is 12.3 Å². The van der Waals surface area contributed by atoms with Gasteiger partial charge in [-0.1, -0.05) is 36.8 Å². The Morgan fingerprint density at radius 3 is 2.58 bits per heavy atom. The van der Waals surface area contributed by atoms with Crippen LogP contribution in [0.5, 0.6) is 0 Å². The molecule has 0 spiro atoms. The number of carbonyl (C=O) groups excluding carboxylic acids is 1. The molecule has 1 aromatic rings. The zero-order chi connectivity index (χ0) is 14.3. The molecule has 0 bridgehead atoms. The van der Waals surface area contributed by atoms with E-state index in [0.717, 1.165) is 11.3 Å². The molecule has 0 saturated carbocycles. The van der Waals surface area contributed by atoms with Gasteiger partial charge in [0.25, 0.3) is 0 Å². The Morgan fingerprint density at radius 1 is 1.37 bits per heavy atom. The van der Waals surface area contributed by atoms with Crippen molar-refractivity contribution in [3.63, 3.8) is 0 Å². The number of aliphatic hydroxyl groups is 1. The van der Waals surface area contributed by atoms with Crippen molar-refractivity contribution in [3.8, 4) is 0 Å². The Balaban J connectivity index is 2.34. The molecular formula is C15H23NO2S. The van der Waals surface area contributed by atoms with Crippen LogP contribution in [0.2, 0.25) is 0 Å². The molecule has 19 heavy (non-hydrogen) atoms. The number of thioether (sulfide) groups is 1. The van der Waals surface area contributed by atoms with E-state index in [9.17, 15) is 4.79 Å². The maximum Gasteiger partial charge on any atom is 0.232 e. The highest BCUT2D eigenvalue weighted by Crippen LogP contribution is 2.10. The Bertz CT molecular complexity index is 392. The van der Waals surface area contributed by atoms with Crippen molar-refractivity contribution in [2.24, 2.45) is 5.92 Å². The normalized spacial score (nSPS) is 12.2. The third-order valence-corrected chi connectivity index (χ3v) is 4.16. The standard InChI is InChI=1S/C15H23NO2S/c1-12-4-6-14(7-5-12)8-16(3)15(18)11-19-10-13(2)9-17/h4-7,13,17H,8-11H2,1-3H3. The second-order valence-electron chi connectivity index (χ2n) is 5.04. The molecule has 1 amide bonds. The molecule has 0 radical (unpaired) electrons. The predicted molar refractivity (Wildman–Crippen MR) is 81.2 cm³/mol. The Hall–Kier alpha value is -1.00. The van der Waals surface area contributed by atoms with Crippen LogP contribution in [0.4, 0.5) is 0 Å². The molecule has 1 rings (SSSR count). The maximum atomic E-state index is 11.9. The fourth-order valence-electron chi connectivity index (χ4n) is 1.57. The van der Waals surface area contributed by atoms with Gasteiger partial charge < -0.3 is 10.0 Å². The molecule has 1 atom stereocenters. The second kappa shape index (κ2) is 8.23. The van der Waals surface area contributed by atoms with Crippen LogP contribution in [0, 0.1) is 12.8 Å². The number of hydrogen-bond donors (Lipinski definition) is 1.